The molecule has 1 saturated carbocycles. The number of benzene rings is 1. The Bertz CT molecular complexity index is 923. The summed E-state index contributed by atoms with van der Waals surface area (Å²) in [5.41, 5.74) is 2.67. The molecule has 1 aliphatic carbocycles. The maximum atomic E-state index is 13.1. The molecule has 33 heavy (non-hydrogen) atoms. The number of pyridine rings is 1. The molecule has 4 rings (SSSR count). The summed E-state index contributed by atoms with van der Waals surface area (Å²) in [6.07, 6.45) is 8.84. The van der Waals surface area contributed by atoms with Crippen molar-refractivity contribution in [2.24, 2.45) is 0 Å². The van der Waals surface area contributed by atoms with Crippen LogP contribution in [0.2, 0.25) is 0 Å². The number of nitrogens with zero attached hydrogens (tertiary/aromatic N) is 3. The van der Waals surface area contributed by atoms with Gasteiger partial charge in [-0.15, -0.1) is 0 Å². The molecule has 6 heteroatoms. The SMILES string of the molecule is Cc1ccc(C(=O)N2CCCN(Cc3ccccc3)C3(CCCCC3)CC(=O)NCC2)nc1. The molecule has 2 amide bonds. The van der Waals surface area contributed by atoms with Crippen LogP contribution in [-0.4, -0.2) is 58.3 Å². The third-order valence-electron chi connectivity index (χ3n) is 7.14. The van der Waals surface area contributed by atoms with Crippen molar-refractivity contribution < 1.29 is 9.59 Å². The second-order valence-corrected chi connectivity index (χ2v) is 9.59. The molecule has 0 unspecified atom stereocenters. The van der Waals surface area contributed by atoms with Gasteiger partial charge in [-0.2, -0.15) is 0 Å². The Balaban J connectivity index is 1.55. The summed E-state index contributed by atoms with van der Waals surface area (Å²) < 4.78 is 0. The first-order chi connectivity index (χ1) is 16.1. The number of amides is 2. The summed E-state index contributed by atoms with van der Waals surface area (Å²) in [5, 5.41) is 3.10. The average Bonchev–Trinajstić information content (AvgIpc) is 2.85. The third kappa shape index (κ3) is 5.99. The Morgan fingerprint density at radius 1 is 1.00 bits per heavy atom. The number of aryl methyl sites for hydroxylation is 1. The highest BCUT2D eigenvalue weighted by Crippen LogP contribution is 2.38. The molecule has 2 aromatic rings. The van der Waals surface area contributed by atoms with Crippen molar-refractivity contribution in [3.05, 3.63) is 65.5 Å². The van der Waals surface area contributed by atoms with Crippen molar-refractivity contribution in [1.82, 2.24) is 20.1 Å². The monoisotopic (exact) mass is 448 g/mol. The fourth-order valence-electron chi connectivity index (χ4n) is 5.32. The van der Waals surface area contributed by atoms with Crippen LogP contribution in [0.4, 0.5) is 0 Å². The summed E-state index contributed by atoms with van der Waals surface area (Å²) in [4.78, 5) is 34.9. The van der Waals surface area contributed by atoms with E-state index in [4.69, 9.17) is 0 Å². The van der Waals surface area contributed by atoms with Gasteiger partial charge in [0.25, 0.3) is 5.91 Å². The van der Waals surface area contributed by atoms with Crippen molar-refractivity contribution in [1.29, 1.82) is 0 Å². The van der Waals surface area contributed by atoms with Crippen LogP contribution < -0.4 is 5.32 Å². The predicted molar refractivity (Wildman–Crippen MR) is 130 cm³/mol. The van der Waals surface area contributed by atoms with Gasteiger partial charge >= 0.3 is 0 Å². The maximum absolute atomic E-state index is 13.1. The number of hydrogen-bond acceptors (Lipinski definition) is 4. The molecule has 1 aromatic carbocycles. The van der Waals surface area contributed by atoms with E-state index in [1.54, 1.807) is 12.3 Å². The number of carbonyl (C=O) groups excluding carboxylic acids is 2. The second kappa shape index (κ2) is 10.9. The number of aromatic nitrogens is 1. The quantitative estimate of drug-likeness (QED) is 0.772. The van der Waals surface area contributed by atoms with Gasteiger partial charge in [0, 0.05) is 50.9 Å². The zero-order valence-corrected chi connectivity index (χ0v) is 19.8. The van der Waals surface area contributed by atoms with Crippen molar-refractivity contribution in [2.45, 2.75) is 64.0 Å². The van der Waals surface area contributed by atoms with E-state index in [9.17, 15) is 9.59 Å². The molecule has 1 spiro atoms. The number of nitrogens with one attached hydrogen (secondary N) is 1. The van der Waals surface area contributed by atoms with E-state index in [0.29, 0.717) is 31.7 Å². The smallest absolute Gasteiger partial charge is 0.272 e. The van der Waals surface area contributed by atoms with Crippen LogP contribution in [-0.2, 0) is 11.3 Å². The first-order valence-corrected chi connectivity index (χ1v) is 12.3. The van der Waals surface area contributed by atoms with E-state index in [1.165, 1.54) is 24.8 Å². The molecule has 2 heterocycles. The van der Waals surface area contributed by atoms with Crippen molar-refractivity contribution in [2.75, 3.05) is 26.2 Å². The predicted octanol–water partition coefficient (Wildman–Crippen LogP) is 3.95. The van der Waals surface area contributed by atoms with Gasteiger partial charge in [-0.05, 0) is 43.4 Å². The number of rotatable bonds is 3. The van der Waals surface area contributed by atoms with Crippen molar-refractivity contribution in [3.63, 3.8) is 0 Å². The van der Waals surface area contributed by atoms with Gasteiger partial charge in [-0.25, -0.2) is 0 Å². The first kappa shape index (κ1) is 23.4. The van der Waals surface area contributed by atoms with Gasteiger partial charge < -0.3 is 10.2 Å². The molecule has 2 fully saturated rings. The lowest BCUT2D eigenvalue weighted by molar-refractivity contribution is -0.125. The van der Waals surface area contributed by atoms with Crippen LogP contribution in [0.5, 0.6) is 0 Å². The van der Waals surface area contributed by atoms with E-state index in [0.717, 1.165) is 37.9 Å². The minimum Gasteiger partial charge on any atom is -0.354 e. The van der Waals surface area contributed by atoms with Gasteiger partial charge in [0.2, 0.25) is 5.91 Å². The van der Waals surface area contributed by atoms with Gasteiger partial charge in [0.1, 0.15) is 5.69 Å². The molecule has 0 atom stereocenters. The number of carbonyl (C=O) groups is 2. The minimum atomic E-state index is -0.101. The Kier molecular flexibility index (Phi) is 7.76. The molecule has 176 valence electrons. The van der Waals surface area contributed by atoms with Crippen molar-refractivity contribution >= 4 is 11.8 Å². The highest BCUT2D eigenvalue weighted by Gasteiger charge is 2.40. The molecule has 1 aliphatic heterocycles. The molecule has 1 saturated heterocycles. The molecule has 2 aliphatic rings. The molecule has 1 N–H and O–H groups in total. The van der Waals surface area contributed by atoms with Crippen LogP contribution in [0.25, 0.3) is 0 Å². The summed E-state index contributed by atoms with van der Waals surface area (Å²) in [6.45, 7) is 5.31. The molecule has 0 bridgehead atoms. The van der Waals surface area contributed by atoms with Gasteiger partial charge in [-0.1, -0.05) is 55.7 Å². The molecular formula is C27H36N4O2. The zero-order valence-electron chi connectivity index (χ0n) is 19.8. The Labute approximate surface area is 197 Å². The summed E-state index contributed by atoms with van der Waals surface area (Å²) in [5.74, 6) is 0.0307. The lowest BCUT2D eigenvalue weighted by atomic mass is 9.77. The topological polar surface area (TPSA) is 65.5 Å². The van der Waals surface area contributed by atoms with Crippen LogP contribution >= 0.6 is 0 Å². The average molecular weight is 449 g/mol. The maximum Gasteiger partial charge on any atom is 0.272 e. The van der Waals surface area contributed by atoms with Crippen LogP contribution in [0.3, 0.4) is 0 Å². The van der Waals surface area contributed by atoms with E-state index in [2.05, 4.69) is 39.5 Å². The van der Waals surface area contributed by atoms with Gasteiger partial charge in [-0.3, -0.25) is 19.5 Å². The molecule has 6 nitrogen and oxygen atoms in total. The fraction of sp³-hybridized carbons (Fsp3) is 0.519. The highest BCUT2D eigenvalue weighted by molar-refractivity contribution is 5.92. The fourth-order valence-corrected chi connectivity index (χ4v) is 5.32. The van der Waals surface area contributed by atoms with Crippen LogP contribution in [0, 0.1) is 6.92 Å². The molecular weight excluding hydrogens is 412 g/mol. The van der Waals surface area contributed by atoms with Gasteiger partial charge in [0.05, 0.1) is 0 Å². The number of hydrogen-bond donors (Lipinski definition) is 1. The Morgan fingerprint density at radius 2 is 1.79 bits per heavy atom. The first-order valence-electron chi connectivity index (χ1n) is 12.3. The third-order valence-corrected chi connectivity index (χ3v) is 7.14. The summed E-state index contributed by atoms with van der Waals surface area (Å²) in [7, 11) is 0. The lowest BCUT2D eigenvalue weighted by Crippen LogP contribution is -2.52. The summed E-state index contributed by atoms with van der Waals surface area (Å²) >= 11 is 0. The van der Waals surface area contributed by atoms with E-state index >= 15 is 0 Å². The Hall–Kier alpha value is -2.73. The normalized spacial score (nSPS) is 20.2. The van der Waals surface area contributed by atoms with Crippen molar-refractivity contribution in [3.8, 4) is 0 Å². The Morgan fingerprint density at radius 3 is 2.52 bits per heavy atom. The zero-order chi connectivity index (χ0) is 23.1. The minimum absolute atomic E-state index is 0.0644. The summed E-state index contributed by atoms with van der Waals surface area (Å²) in [6, 6.07) is 14.3. The van der Waals surface area contributed by atoms with E-state index < -0.39 is 0 Å². The largest absolute Gasteiger partial charge is 0.354 e. The van der Waals surface area contributed by atoms with E-state index in [-0.39, 0.29) is 17.4 Å². The van der Waals surface area contributed by atoms with Crippen LogP contribution in [0.1, 0.15) is 66.6 Å². The van der Waals surface area contributed by atoms with Gasteiger partial charge in [0.15, 0.2) is 0 Å². The molecule has 1 aromatic heterocycles. The van der Waals surface area contributed by atoms with Crippen LogP contribution in [0.15, 0.2) is 48.7 Å². The lowest BCUT2D eigenvalue weighted by Gasteiger charge is -2.46. The second-order valence-electron chi connectivity index (χ2n) is 9.59. The molecule has 0 radical (unpaired) electrons. The van der Waals surface area contributed by atoms with E-state index in [1.807, 2.05) is 24.0 Å². The standard InChI is InChI=1S/C27H36N4O2/c1-22-11-12-24(29-20-22)26(33)30-16-8-17-31(21-23-9-4-2-5-10-23)27(13-6-3-7-14-27)19-25(32)28-15-18-30/h2,4-5,9-12,20H,3,6-8,13-19,21H2,1H3,(H,28,32). The highest BCUT2D eigenvalue weighted by atomic mass is 16.2.